The Morgan fingerprint density at radius 2 is 1.63 bits per heavy atom. The average molecular weight is 493 g/mol. The normalized spacial score (nSPS) is 12.9. The zero-order chi connectivity index (χ0) is 24.9. The van der Waals surface area contributed by atoms with Crippen molar-refractivity contribution >= 4 is 35.3 Å². The zero-order valence-electron chi connectivity index (χ0n) is 19.1. The minimum Gasteiger partial charge on any atom is -0.480 e. The highest BCUT2D eigenvalue weighted by Crippen LogP contribution is 2.44. The molecule has 3 aromatic carbocycles. The molecule has 180 valence electrons. The van der Waals surface area contributed by atoms with E-state index in [1.54, 1.807) is 25.1 Å². The molecular formula is C27H25ClN2O5. The second kappa shape index (κ2) is 10.6. The summed E-state index contributed by atoms with van der Waals surface area (Å²) in [6.45, 7) is 1.27. The van der Waals surface area contributed by atoms with Crippen molar-refractivity contribution in [2.24, 2.45) is 0 Å². The van der Waals surface area contributed by atoms with Gasteiger partial charge in [0.15, 0.2) is 0 Å². The van der Waals surface area contributed by atoms with Crippen LogP contribution >= 0.6 is 11.6 Å². The fraction of sp³-hybridized carbons (Fsp3) is 0.222. The molecule has 0 fully saturated rings. The summed E-state index contributed by atoms with van der Waals surface area (Å²) in [5.41, 5.74) is 4.73. The Balaban J connectivity index is 1.46. The van der Waals surface area contributed by atoms with Gasteiger partial charge in [0.05, 0.1) is 0 Å². The quantitative estimate of drug-likeness (QED) is 0.457. The van der Waals surface area contributed by atoms with Gasteiger partial charge in [0.25, 0.3) is 0 Å². The van der Waals surface area contributed by atoms with Gasteiger partial charge in [-0.25, -0.2) is 4.79 Å². The first-order valence-corrected chi connectivity index (χ1v) is 11.7. The first kappa shape index (κ1) is 24.3. The minimum atomic E-state index is -1.19. The molecule has 35 heavy (non-hydrogen) atoms. The lowest BCUT2D eigenvalue weighted by Crippen LogP contribution is -2.50. The third kappa shape index (κ3) is 5.30. The molecule has 8 heteroatoms. The van der Waals surface area contributed by atoms with Crippen LogP contribution in [0, 0.1) is 0 Å². The monoisotopic (exact) mass is 492 g/mol. The smallest absolute Gasteiger partial charge is 0.407 e. The molecule has 0 spiro atoms. The number of halogens is 1. The van der Waals surface area contributed by atoms with Crippen LogP contribution in [0.15, 0.2) is 72.8 Å². The number of fused-ring (bicyclic) bond motifs is 3. The molecule has 1 unspecified atom stereocenters. The van der Waals surface area contributed by atoms with Crippen molar-refractivity contribution in [1.82, 2.24) is 5.32 Å². The topological polar surface area (TPSA) is 95.9 Å². The summed E-state index contributed by atoms with van der Waals surface area (Å²) < 4.78 is 5.55. The average Bonchev–Trinajstić information content (AvgIpc) is 3.18. The van der Waals surface area contributed by atoms with Gasteiger partial charge in [0.1, 0.15) is 19.2 Å². The van der Waals surface area contributed by atoms with Gasteiger partial charge < -0.3 is 15.2 Å². The Bertz CT molecular complexity index is 1220. The number of carbonyl (C=O) groups excluding carboxylic acids is 2. The van der Waals surface area contributed by atoms with Crippen molar-refractivity contribution in [3.05, 3.63) is 88.9 Å². The van der Waals surface area contributed by atoms with Gasteiger partial charge in [-0.2, -0.15) is 0 Å². The van der Waals surface area contributed by atoms with Gasteiger partial charge >= 0.3 is 12.1 Å². The fourth-order valence-corrected chi connectivity index (χ4v) is 4.57. The third-order valence-corrected chi connectivity index (χ3v) is 6.26. The molecular weight excluding hydrogens is 468 g/mol. The van der Waals surface area contributed by atoms with E-state index in [1.165, 1.54) is 6.07 Å². The molecule has 1 atom stereocenters. The summed E-state index contributed by atoms with van der Waals surface area (Å²) in [6.07, 6.45) is -0.492. The van der Waals surface area contributed by atoms with E-state index < -0.39 is 30.6 Å². The largest absolute Gasteiger partial charge is 0.480 e. The number of rotatable bonds is 8. The molecule has 0 aromatic heterocycles. The Morgan fingerprint density at radius 1 is 1.00 bits per heavy atom. The minimum absolute atomic E-state index is 0.109. The predicted octanol–water partition coefficient (Wildman–Crippen LogP) is 5.07. The van der Waals surface area contributed by atoms with E-state index in [9.17, 15) is 19.5 Å². The molecule has 1 aliphatic carbocycles. The maximum Gasteiger partial charge on any atom is 0.407 e. The van der Waals surface area contributed by atoms with Crippen LogP contribution in [-0.4, -0.2) is 42.3 Å². The van der Waals surface area contributed by atoms with Crippen LogP contribution in [-0.2, 0) is 14.3 Å². The molecule has 3 aromatic rings. The first-order chi connectivity index (χ1) is 16.9. The molecule has 2 amide bonds. The van der Waals surface area contributed by atoms with Gasteiger partial charge in [-0.05, 0) is 46.9 Å². The number of alkyl carbamates (subject to hydrolysis) is 1. The maximum absolute atomic E-state index is 13.2. The Hall–Kier alpha value is -3.84. The molecule has 0 heterocycles. The van der Waals surface area contributed by atoms with E-state index >= 15 is 0 Å². The number of carboxylic acid groups (broad SMARTS) is 1. The van der Waals surface area contributed by atoms with Crippen molar-refractivity contribution in [3.8, 4) is 11.1 Å². The van der Waals surface area contributed by atoms with Crippen molar-refractivity contribution in [3.63, 3.8) is 0 Å². The molecule has 0 bridgehead atoms. The molecule has 0 saturated heterocycles. The van der Waals surface area contributed by atoms with Crippen molar-refractivity contribution in [2.75, 3.05) is 18.1 Å². The summed E-state index contributed by atoms with van der Waals surface area (Å²) in [5, 5.41) is 12.3. The van der Waals surface area contributed by atoms with Crippen LogP contribution in [0.1, 0.15) is 30.4 Å². The second-order valence-corrected chi connectivity index (χ2v) is 8.67. The summed E-state index contributed by atoms with van der Waals surface area (Å²) in [7, 11) is 0. The number of amides is 2. The SMILES string of the molecule is CCC(NC(=O)OCC1c2ccccc2-c2ccccc21)C(=O)N(CC(=O)O)c1cccc(Cl)c1. The van der Waals surface area contributed by atoms with E-state index in [2.05, 4.69) is 5.32 Å². The second-order valence-electron chi connectivity index (χ2n) is 8.23. The van der Waals surface area contributed by atoms with Gasteiger partial charge in [0.2, 0.25) is 5.91 Å². The lowest BCUT2D eigenvalue weighted by Gasteiger charge is -2.26. The predicted molar refractivity (Wildman–Crippen MR) is 134 cm³/mol. The highest BCUT2D eigenvalue weighted by Gasteiger charge is 2.31. The van der Waals surface area contributed by atoms with Crippen LogP contribution in [0.2, 0.25) is 5.02 Å². The number of carboxylic acids is 1. The number of nitrogens with one attached hydrogen (secondary N) is 1. The Kier molecular flexibility index (Phi) is 7.36. The van der Waals surface area contributed by atoms with Gasteiger partial charge in [-0.15, -0.1) is 0 Å². The van der Waals surface area contributed by atoms with E-state index in [-0.39, 0.29) is 18.9 Å². The molecule has 2 N–H and O–H groups in total. The number of aliphatic carboxylic acids is 1. The molecule has 0 aliphatic heterocycles. The maximum atomic E-state index is 13.2. The van der Waals surface area contributed by atoms with Gasteiger partial charge in [-0.3, -0.25) is 14.5 Å². The molecule has 4 rings (SSSR count). The van der Waals surface area contributed by atoms with E-state index in [4.69, 9.17) is 16.3 Å². The third-order valence-electron chi connectivity index (χ3n) is 6.02. The van der Waals surface area contributed by atoms with Crippen molar-refractivity contribution < 1.29 is 24.2 Å². The molecule has 0 radical (unpaired) electrons. The highest BCUT2D eigenvalue weighted by atomic mass is 35.5. The standard InChI is InChI=1S/C27H25ClN2O5/c1-2-24(26(33)30(15-25(31)32)18-9-7-8-17(28)14-18)29-27(34)35-16-23-21-12-5-3-10-19(21)20-11-4-6-13-22(20)23/h3-14,23-24H,2,15-16H2,1H3,(H,29,34)(H,31,32). The number of benzene rings is 3. The number of hydrogen-bond donors (Lipinski definition) is 2. The van der Waals surface area contributed by atoms with Crippen LogP contribution in [0.4, 0.5) is 10.5 Å². The van der Waals surface area contributed by atoms with E-state index in [1.807, 2.05) is 48.5 Å². The summed E-state index contributed by atoms with van der Waals surface area (Å²) in [6, 6.07) is 21.4. The van der Waals surface area contributed by atoms with Crippen LogP contribution < -0.4 is 10.2 Å². The van der Waals surface area contributed by atoms with Crippen LogP contribution in [0.5, 0.6) is 0 Å². The van der Waals surface area contributed by atoms with Gasteiger partial charge in [0, 0.05) is 16.6 Å². The lowest BCUT2D eigenvalue weighted by atomic mass is 9.98. The first-order valence-electron chi connectivity index (χ1n) is 11.3. The number of ether oxygens (including phenoxy) is 1. The molecule has 7 nitrogen and oxygen atoms in total. The number of carbonyl (C=O) groups is 3. The van der Waals surface area contributed by atoms with E-state index in [0.717, 1.165) is 27.2 Å². The Labute approximate surface area is 208 Å². The summed E-state index contributed by atoms with van der Waals surface area (Å²) >= 11 is 6.03. The summed E-state index contributed by atoms with van der Waals surface area (Å²) in [5.74, 6) is -1.86. The Morgan fingerprint density at radius 3 is 2.20 bits per heavy atom. The number of hydrogen-bond acceptors (Lipinski definition) is 4. The fourth-order valence-electron chi connectivity index (χ4n) is 4.38. The number of anilines is 1. The van der Waals surface area contributed by atoms with Crippen LogP contribution in [0.3, 0.4) is 0 Å². The van der Waals surface area contributed by atoms with E-state index in [0.29, 0.717) is 10.7 Å². The lowest BCUT2D eigenvalue weighted by molar-refractivity contribution is -0.136. The number of nitrogens with zero attached hydrogens (tertiary/aromatic N) is 1. The summed E-state index contributed by atoms with van der Waals surface area (Å²) in [4.78, 5) is 38.4. The van der Waals surface area contributed by atoms with Crippen molar-refractivity contribution in [1.29, 1.82) is 0 Å². The molecule has 1 aliphatic rings. The molecule has 0 saturated carbocycles. The van der Waals surface area contributed by atoms with Gasteiger partial charge in [-0.1, -0.05) is 73.1 Å². The zero-order valence-corrected chi connectivity index (χ0v) is 19.9. The highest BCUT2D eigenvalue weighted by molar-refractivity contribution is 6.31. The van der Waals surface area contributed by atoms with Crippen molar-refractivity contribution in [2.45, 2.75) is 25.3 Å². The van der Waals surface area contributed by atoms with Crippen LogP contribution in [0.25, 0.3) is 11.1 Å².